The molecule has 0 bridgehead atoms. The molecule has 1 fully saturated rings. The molecule has 194 valence electrons. The van der Waals surface area contributed by atoms with Gasteiger partial charge < -0.3 is 25.4 Å². The number of fused-ring (bicyclic) bond motifs is 1. The number of likely N-dealkylation sites (tertiary alicyclic amines) is 1. The topological polar surface area (TPSA) is 115 Å². The third-order valence-electron chi connectivity index (χ3n) is 6.12. The molecule has 4 rings (SSSR count). The van der Waals surface area contributed by atoms with E-state index in [0.29, 0.717) is 17.6 Å². The van der Waals surface area contributed by atoms with Gasteiger partial charge in [-0.25, -0.2) is 4.98 Å². The monoisotopic (exact) mass is 494 g/mol. The van der Waals surface area contributed by atoms with Crippen LogP contribution in [0.2, 0.25) is 0 Å². The van der Waals surface area contributed by atoms with Crippen LogP contribution in [0.25, 0.3) is 11.0 Å². The van der Waals surface area contributed by atoms with E-state index in [1.165, 1.54) is 12.0 Å². The first-order chi connectivity index (χ1) is 17.5. The van der Waals surface area contributed by atoms with Crippen LogP contribution in [0.5, 0.6) is 5.88 Å². The fourth-order valence-corrected chi connectivity index (χ4v) is 4.26. The van der Waals surface area contributed by atoms with E-state index < -0.39 is 0 Å². The number of amides is 1. The van der Waals surface area contributed by atoms with E-state index in [1.807, 2.05) is 45.2 Å². The van der Waals surface area contributed by atoms with Crippen LogP contribution < -0.4 is 15.8 Å². The Kier molecular flexibility index (Phi) is 10.4. The summed E-state index contributed by atoms with van der Waals surface area (Å²) in [5, 5.41) is 3.55. The van der Waals surface area contributed by atoms with Crippen LogP contribution in [-0.2, 0) is 16.0 Å². The van der Waals surface area contributed by atoms with Crippen molar-refractivity contribution < 1.29 is 14.3 Å². The van der Waals surface area contributed by atoms with E-state index in [2.05, 4.69) is 31.2 Å². The van der Waals surface area contributed by atoms with E-state index in [1.54, 1.807) is 13.2 Å². The molecule has 1 saturated heterocycles. The van der Waals surface area contributed by atoms with Gasteiger partial charge in [0.15, 0.2) is 18.2 Å². The molecule has 2 aromatic rings. The lowest BCUT2D eigenvalue weighted by Gasteiger charge is -2.17. The van der Waals surface area contributed by atoms with Crippen molar-refractivity contribution in [3.63, 3.8) is 0 Å². The average molecular weight is 495 g/mol. The van der Waals surface area contributed by atoms with E-state index in [0.717, 1.165) is 55.8 Å². The number of allylic oxidation sites excluding steroid dienone is 2. The van der Waals surface area contributed by atoms with Crippen LogP contribution in [0.3, 0.4) is 0 Å². The number of ether oxygens (including phenoxy) is 2. The largest absolute Gasteiger partial charge is 0.481 e. The lowest BCUT2D eigenvalue weighted by Crippen LogP contribution is -2.28. The molecule has 2 aliphatic rings. The van der Waals surface area contributed by atoms with Crippen LogP contribution in [0.1, 0.15) is 32.8 Å². The molecule has 2 aromatic heterocycles. The normalized spacial score (nSPS) is 19.6. The first-order valence-corrected chi connectivity index (χ1v) is 12.6. The zero-order chi connectivity index (χ0) is 25.9. The quantitative estimate of drug-likeness (QED) is 0.547. The summed E-state index contributed by atoms with van der Waals surface area (Å²) < 4.78 is 10.6. The molecule has 4 heterocycles. The fourth-order valence-electron chi connectivity index (χ4n) is 4.26. The molecule has 2 aliphatic heterocycles. The molecule has 0 saturated carbocycles. The van der Waals surface area contributed by atoms with Crippen molar-refractivity contribution in [2.24, 2.45) is 16.6 Å². The molecule has 1 unspecified atom stereocenters. The van der Waals surface area contributed by atoms with Crippen molar-refractivity contribution >= 4 is 22.8 Å². The zero-order valence-electron chi connectivity index (χ0n) is 21.8. The maximum absolute atomic E-state index is 11.2. The van der Waals surface area contributed by atoms with Crippen molar-refractivity contribution in [3.05, 3.63) is 53.4 Å². The number of carbonyl (C=O) groups excluding carboxylic acids is 1. The van der Waals surface area contributed by atoms with E-state index in [9.17, 15) is 4.79 Å². The second kappa shape index (κ2) is 13.7. The number of nitrogens with two attached hydrogens (primary N) is 1. The number of hydrogen-bond acceptors (Lipinski definition) is 8. The number of carbonyl (C=O) groups is 1. The fraction of sp³-hybridized carbons (Fsp3) is 0.481. The minimum Gasteiger partial charge on any atom is -0.481 e. The smallest absolute Gasteiger partial charge is 0.285 e. The minimum atomic E-state index is -0.353. The lowest BCUT2D eigenvalue weighted by atomic mass is 10.1. The number of aliphatic imine (C=N–C) groups is 1. The SMILES string of the molecule is CC.COc1ccc2nccc(CCN3CCC(CNC/C(C)=C/C=C4/OCC(=O)N=C4N)C3)c2n1. The van der Waals surface area contributed by atoms with Gasteiger partial charge in [0.2, 0.25) is 5.88 Å². The van der Waals surface area contributed by atoms with E-state index >= 15 is 0 Å². The lowest BCUT2D eigenvalue weighted by molar-refractivity contribution is -0.121. The molecule has 3 N–H and O–H groups in total. The molecular formula is C27H38N6O3. The summed E-state index contributed by atoms with van der Waals surface area (Å²) in [7, 11) is 1.64. The Balaban J connectivity index is 0.00000176. The number of nitrogens with zero attached hydrogens (tertiary/aromatic N) is 4. The van der Waals surface area contributed by atoms with Gasteiger partial charge >= 0.3 is 0 Å². The molecule has 36 heavy (non-hydrogen) atoms. The van der Waals surface area contributed by atoms with E-state index in [-0.39, 0.29) is 18.3 Å². The Morgan fingerprint density at radius 3 is 2.94 bits per heavy atom. The summed E-state index contributed by atoms with van der Waals surface area (Å²) in [6.45, 7) is 11.0. The Morgan fingerprint density at radius 2 is 2.17 bits per heavy atom. The maximum Gasteiger partial charge on any atom is 0.285 e. The van der Waals surface area contributed by atoms with Gasteiger partial charge in [0.05, 0.1) is 18.1 Å². The van der Waals surface area contributed by atoms with Crippen LogP contribution >= 0.6 is 0 Å². The molecule has 0 radical (unpaired) electrons. The summed E-state index contributed by atoms with van der Waals surface area (Å²) >= 11 is 0. The van der Waals surface area contributed by atoms with Crippen LogP contribution in [0, 0.1) is 5.92 Å². The standard InChI is InChI=1S/C25H32N6O3.C2H6/c1-17(3-5-21-25(26)29-22(32)16-34-21)13-27-14-18-8-11-31(15-18)12-9-19-7-10-28-20-4-6-23(33-2)30-24(19)20;1-2/h3-7,10,18,27H,8-9,11-16H2,1-2H3,(H2,26,29,32);1-2H3/b17-3+,21-5+;. The highest BCUT2D eigenvalue weighted by molar-refractivity contribution is 6.04. The number of rotatable bonds is 9. The van der Waals surface area contributed by atoms with Gasteiger partial charge in [-0.15, -0.1) is 0 Å². The highest BCUT2D eigenvalue weighted by Crippen LogP contribution is 2.21. The Morgan fingerprint density at radius 1 is 1.33 bits per heavy atom. The van der Waals surface area contributed by atoms with Crippen molar-refractivity contribution in [2.75, 3.05) is 46.4 Å². The van der Waals surface area contributed by atoms with Crippen LogP contribution in [0.4, 0.5) is 0 Å². The summed E-state index contributed by atoms with van der Waals surface area (Å²) in [5.74, 6) is 1.48. The summed E-state index contributed by atoms with van der Waals surface area (Å²) in [5.41, 5.74) is 9.92. The molecule has 1 amide bonds. The van der Waals surface area contributed by atoms with Crippen molar-refractivity contribution in [1.82, 2.24) is 20.2 Å². The second-order valence-corrected chi connectivity index (χ2v) is 8.75. The molecule has 9 heteroatoms. The average Bonchev–Trinajstić information content (AvgIpc) is 3.35. The summed E-state index contributed by atoms with van der Waals surface area (Å²) in [6, 6.07) is 5.87. The summed E-state index contributed by atoms with van der Waals surface area (Å²) in [4.78, 5) is 26.4. The summed E-state index contributed by atoms with van der Waals surface area (Å²) in [6.07, 6.45) is 7.71. The van der Waals surface area contributed by atoms with Gasteiger partial charge in [-0.1, -0.05) is 25.5 Å². The molecule has 0 aliphatic carbocycles. The first-order valence-electron chi connectivity index (χ1n) is 12.6. The molecule has 1 atom stereocenters. The van der Waals surface area contributed by atoms with Gasteiger partial charge in [-0.3, -0.25) is 9.78 Å². The Bertz CT molecular complexity index is 1130. The Hall–Kier alpha value is -3.30. The number of amidine groups is 1. The minimum absolute atomic E-state index is 0.0576. The maximum atomic E-state index is 11.2. The van der Waals surface area contributed by atoms with Gasteiger partial charge in [-0.05, 0) is 62.5 Å². The van der Waals surface area contributed by atoms with Gasteiger partial charge in [0.1, 0.15) is 0 Å². The molecule has 0 aromatic carbocycles. The number of nitrogens with one attached hydrogen (secondary N) is 1. The zero-order valence-corrected chi connectivity index (χ0v) is 21.8. The molecule has 0 spiro atoms. The predicted molar refractivity (Wildman–Crippen MR) is 143 cm³/mol. The van der Waals surface area contributed by atoms with Crippen LogP contribution in [-0.4, -0.2) is 73.1 Å². The third-order valence-corrected chi connectivity index (χ3v) is 6.12. The van der Waals surface area contributed by atoms with Gasteiger partial charge in [-0.2, -0.15) is 4.99 Å². The highest BCUT2D eigenvalue weighted by Gasteiger charge is 2.22. The van der Waals surface area contributed by atoms with E-state index in [4.69, 9.17) is 15.2 Å². The third kappa shape index (κ3) is 7.60. The second-order valence-electron chi connectivity index (χ2n) is 8.75. The van der Waals surface area contributed by atoms with Gasteiger partial charge in [0.25, 0.3) is 5.91 Å². The molecule has 9 nitrogen and oxygen atoms in total. The number of aromatic nitrogens is 2. The first kappa shape index (κ1) is 27.3. The Labute approximate surface area is 213 Å². The number of methoxy groups -OCH3 is 1. The van der Waals surface area contributed by atoms with Crippen molar-refractivity contribution in [1.29, 1.82) is 0 Å². The van der Waals surface area contributed by atoms with Crippen LogP contribution in [0.15, 0.2) is 52.9 Å². The highest BCUT2D eigenvalue weighted by atomic mass is 16.5. The molecular weight excluding hydrogens is 456 g/mol. The predicted octanol–water partition coefficient (Wildman–Crippen LogP) is 2.86. The number of hydrogen-bond donors (Lipinski definition) is 2. The van der Waals surface area contributed by atoms with Crippen molar-refractivity contribution in [2.45, 2.75) is 33.6 Å². The van der Waals surface area contributed by atoms with Crippen molar-refractivity contribution in [3.8, 4) is 5.88 Å². The van der Waals surface area contributed by atoms with Gasteiger partial charge in [0, 0.05) is 31.9 Å². The number of pyridine rings is 2.